The number of thiol groups is 1. The molecule has 0 bridgehead atoms. The van der Waals surface area contributed by atoms with Gasteiger partial charge in [0.1, 0.15) is 12.4 Å². The van der Waals surface area contributed by atoms with Crippen LogP contribution in [0, 0.1) is 6.92 Å². The number of benzene rings is 1. The van der Waals surface area contributed by atoms with Crippen molar-refractivity contribution in [3.63, 3.8) is 0 Å². The van der Waals surface area contributed by atoms with Crippen molar-refractivity contribution in [3.8, 4) is 6.01 Å². The summed E-state index contributed by atoms with van der Waals surface area (Å²) in [6.07, 6.45) is 0. The second kappa shape index (κ2) is 11.5. The number of amides is 2. The molecular formula is C22H30N6O4S. The van der Waals surface area contributed by atoms with Gasteiger partial charge in [-0.05, 0) is 19.1 Å². The number of hydrogen-bond donors (Lipinski definition) is 2. The van der Waals surface area contributed by atoms with Crippen LogP contribution in [-0.2, 0) is 9.47 Å². The molecule has 2 fully saturated rings. The average Bonchev–Trinajstić information content (AvgIpc) is 2.86. The van der Waals surface area contributed by atoms with E-state index in [0.29, 0.717) is 50.2 Å². The number of aryl methyl sites for hydroxylation is 1. The Labute approximate surface area is 199 Å². The summed E-state index contributed by atoms with van der Waals surface area (Å²) < 4.78 is 17.9. The van der Waals surface area contributed by atoms with Crippen LogP contribution in [0.4, 0.5) is 22.1 Å². The molecule has 4 rings (SSSR count). The largest absolute Gasteiger partial charge is 0.462 e. The monoisotopic (exact) mass is 474 g/mol. The second-order valence-corrected chi connectivity index (χ2v) is 8.28. The number of aromatic nitrogens is 2. The number of nitrogens with zero attached hydrogens (tertiary/aromatic N) is 5. The lowest BCUT2D eigenvalue weighted by Crippen LogP contribution is -2.39. The van der Waals surface area contributed by atoms with Gasteiger partial charge in [0.2, 0.25) is 0 Å². The van der Waals surface area contributed by atoms with Crippen molar-refractivity contribution in [2.45, 2.75) is 6.92 Å². The van der Waals surface area contributed by atoms with Gasteiger partial charge in [0.15, 0.2) is 5.82 Å². The highest BCUT2D eigenvalue weighted by molar-refractivity contribution is 7.82. The zero-order valence-electron chi connectivity index (χ0n) is 18.8. The van der Waals surface area contributed by atoms with E-state index in [-0.39, 0.29) is 6.01 Å². The maximum Gasteiger partial charge on any atom is 0.337 e. The summed E-state index contributed by atoms with van der Waals surface area (Å²) in [6.45, 7) is 9.05. The van der Waals surface area contributed by atoms with Gasteiger partial charge in [-0.15, -0.1) is 0 Å². The molecule has 178 valence electrons. The summed E-state index contributed by atoms with van der Waals surface area (Å²) in [4.78, 5) is 26.2. The molecule has 2 amide bonds. The summed E-state index contributed by atoms with van der Waals surface area (Å²) in [7, 11) is 0. The fraction of sp³-hybridized carbons (Fsp3) is 0.500. The topological polar surface area (TPSA) is 92.3 Å². The van der Waals surface area contributed by atoms with E-state index in [1.807, 2.05) is 31.2 Å². The summed E-state index contributed by atoms with van der Waals surface area (Å²) >= 11 is 4.41. The first kappa shape index (κ1) is 23.6. The summed E-state index contributed by atoms with van der Waals surface area (Å²) in [5, 5.41) is 2.83. The molecule has 0 saturated carbocycles. The molecule has 1 aromatic heterocycles. The van der Waals surface area contributed by atoms with E-state index in [4.69, 9.17) is 14.2 Å². The van der Waals surface area contributed by atoms with Gasteiger partial charge >= 0.3 is 12.0 Å². The lowest BCUT2D eigenvalue weighted by molar-refractivity contribution is 0.0317. The van der Waals surface area contributed by atoms with Crippen molar-refractivity contribution in [3.05, 3.63) is 35.9 Å². The maximum atomic E-state index is 12.8. The Balaban J connectivity index is 1.47. The van der Waals surface area contributed by atoms with Crippen molar-refractivity contribution in [2.24, 2.45) is 0 Å². The molecule has 0 aliphatic carbocycles. The number of hydrogen-bond acceptors (Lipinski definition) is 9. The Kier molecular flexibility index (Phi) is 8.21. The maximum absolute atomic E-state index is 12.8. The van der Waals surface area contributed by atoms with Crippen LogP contribution in [-0.4, -0.2) is 86.7 Å². The van der Waals surface area contributed by atoms with Gasteiger partial charge in [0.25, 0.3) is 0 Å². The van der Waals surface area contributed by atoms with E-state index in [1.165, 1.54) is 4.31 Å². The van der Waals surface area contributed by atoms with Crippen LogP contribution in [0.1, 0.15) is 5.56 Å². The van der Waals surface area contributed by atoms with E-state index in [2.05, 4.69) is 37.9 Å². The Morgan fingerprint density at radius 1 is 1.09 bits per heavy atom. The van der Waals surface area contributed by atoms with Crippen LogP contribution in [0.5, 0.6) is 6.01 Å². The highest BCUT2D eigenvalue weighted by Gasteiger charge is 2.21. The first-order valence-corrected chi connectivity index (χ1v) is 11.5. The molecule has 0 unspecified atom stereocenters. The molecule has 11 heteroatoms. The molecule has 10 nitrogen and oxygen atoms in total. The molecular weight excluding hydrogens is 444 g/mol. The predicted octanol–water partition coefficient (Wildman–Crippen LogP) is 2.22. The van der Waals surface area contributed by atoms with Crippen molar-refractivity contribution in [1.29, 1.82) is 0 Å². The van der Waals surface area contributed by atoms with Crippen molar-refractivity contribution in [2.75, 3.05) is 80.3 Å². The first-order chi connectivity index (χ1) is 16.1. The molecule has 1 aromatic carbocycles. The number of rotatable bonds is 7. The molecule has 1 N–H and O–H groups in total. The van der Waals surface area contributed by atoms with E-state index in [1.54, 1.807) is 6.07 Å². The van der Waals surface area contributed by atoms with Gasteiger partial charge in [0.05, 0.1) is 26.4 Å². The number of carbonyl (C=O) groups excluding carboxylic acids is 1. The van der Waals surface area contributed by atoms with E-state index >= 15 is 0 Å². The van der Waals surface area contributed by atoms with Gasteiger partial charge in [-0.1, -0.05) is 30.5 Å². The number of anilines is 3. The minimum atomic E-state index is -0.423. The van der Waals surface area contributed by atoms with E-state index in [9.17, 15) is 4.79 Å². The molecule has 0 atom stereocenters. The number of ether oxygens (including phenoxy) is 3. The third kappa shape index (κ3) is 6.70. The zero-order chi connectivity index (χ0) is 23.0. The molecule has 0 radical (unpaired) electrons. The second-order valence-electron chi connectivity index (χ2n) is 7.88. The lowest BCUT2D eigenvalue weighted by atomic mass is 10.2. The number of morpholine rings is 2. The van der Waals surface area contributed by atoms with Crippen LogP contribution in [0.25, 0.3) is 0 Å². The molecule has 2 aromatic rings. The van der Waals surface area contributed by atoms with Crippen molar-refractivity contribution < 1.29 is 19.0 Å². The standard InChI is InChI=1S/C22H30N6O4S/c1-17-2-4-18(5-3-17)23-22(29)28(33)20-16-19(27-9-13-31-14-10-27)24-21(25-20)32-15-8-26-6-11-30-12-7-26/h2-5,16,33H,6-15H2,1H3,(H,23,29). The Morgan fingerprint density at radius 3 is 2.45 bits per heavy atom. The summed E-state index contributed by atoms with van der Waals surface area (Å²) in [6, 6.07) is 9.07. The van der Waals surface area contributed by atoms with Crippen molar-refractivity contribution >= 4 is 36.2 Å². The molecule has 33 heavy (non-hydrogen) atoms. The highest BCUT2D eigenvalue weighted by atomic mass is 32.1. The summed E-state index contributed by atoms with van der Waals surface area (Å²) in [5.74, 6) is 1.01. The van der Waals surface area contributed by atoms with Crippen LogP contribution < -0.4 is 19.3 Å². The fourth-order valence-corrected chi connectivity index (χ4v) is 3.69. The van der Waals surface area contributed by atoms with Gasteiger partial charge in [-0.2, -0.15) is 9.97 Å². The Morgan fingerprint density at radius 2 is 1.76 bits per heavy atom. The summed E-state index contributed by atoms with van der Waals surface area (Å²) in [5.41, 5.74) is 1.79. The minimum Gasteiger partial charge on any atom is -0.462 e. The zero-order valence-corrected chi connectivity index (χ0v) is 19.7. The van der Waals surface area contributed by atoms with E-state index in [0.717, 1.165) is 38.4 Å². The van der Waals surface area contributed by atoms with Crippen LogP contribution in [0.15, 0.2) is 30.3 Å². The fourth-order valence-electron chi connectivity index (χ4n) is 3.54. The minimum absolute atomic E-state index is 0.212. The van der Waals surface area contributed by atoms with Gasteiger partial charge in [0, 0.05) is 44.5 Å². The van der Waals surface area contributed by atoms with Gasteiger partial charge < -0.3 is 24.4 Å². The van der Waals surface area contributed by atoms with Gasteiger partial charge in [-0.25, -0.2) is 9.10 Å². The Bertz CT molecular complexity index is 920. The molecule has 2 saturated heterocycles. The smallest absolute Gasteiger partial charge is 0.337 e. The third-order valence-corrected chi connectivity index (χ3v) is 5.85. The van der Waals surface area contributed by atoms with Gasteiger partial charge in [-0.3, -0.25) is 4.90 Å². The van der Waals surface area contributed by atoms with Crippen LogP contribution >= 0.6 is 12.8 Å². The van der Waals surface area contributed by atoms with Crippen LogP contribution in [0.3, 0.4) is 0 Å². The first-order valence-electron chi connectivity index (χ1n) is 11.1. The SMILES string of the molecule is Cc1ccc(NC(=O)N(S)c2cc(N3CCOCC3)nc(OCCN3CCOCC3)n2)cc1. The Hall–Kier alpha value is -2.60. The van der Waals surface area contributed by atoms with E-state index < -0.39 is 6.03 Å². The average molecular weight is 475 g/mol. The van der Waals surface area contributed by atoms with Crippen LogP contribution in [0.2, 0.25) is 0 Å². The van der Waals surface area contributed by atoms with Crippen molar-refractivity contribution in [1.82, 2.24) is 14.9 Å². The number of urea groups is 1. The molecule has 2 aliphatic heterocycles. The number of nitrogens with one attached hydrogen (secondary N) is 1. The lowest BCUT2D eigenvalue weighted by Gasteiger charge is -2.29. The molecule has 2 aliphatic rings. The molecule has 3 heterocycles. The highest BCUT2D eigenvalue weighted by Crippen LogP contribution is 2.25. The third-order valence-electron chi connectivity index (χ3n) is 5.47. The molecule has 0 spiro atoms. The predicted molar refractivity (Wildman–Crippen MR) is 129 cm³/mol. The number of carbonyl (C=O) groups is 1. The quantitative estimate of drug-likeness (QED) is 0.591. The normalized spacial score (nSPS) is 17.0.